The third-order valence-electron chi connectivity index (χ3n) is 12.2. The summed E-state index contributed by atoms with van der Waals surface area (Å²) in [5.41, 5.74) is 6.79. The van der Waals surface area contributed by atoms with Crippen LogP contribution < -0.4 is 21.3 Å². The molecule has 1 amide bonds. The Bertz CT molecular complexity index is 1690. The van der Waals surface area contributed by atoms with Gasteiger partial charge < -0.3 is 31.1 Å². The van der Waals surface area contributed by atoms with E-state index in [1.54, 1.807) is 13.1 Å². The molecule has 0 bridgehead atoms. The monoisotopic (exact) mass is 707 g/mol. The highest BCUT2D eigenvalue weighted by Crippen LogP contribution is 2.45. The van der Waals surface area contributed by atoms with Crippen LogP contribution >= 0.6 is 0 Å². The van der Waals surface area contributed by atoms with Crippen LogP contribution in [-0.4, -0.2) is 89.8 Å². The van der Waals surface area contributed by atoms with Gasteiger partial charge in [0.25, 0.3) is 0 Å². The summed E-state index contributed by atoms with van der Waals surface area (Å²) in [6, 6.07) is 5.02. The van der Waals surface area contributed by atoms with Gasteiger partial charge in [0.05, 0.1) is 17.3 Å². The zero-order chi connectivity index (χ0) is 35.8. The Morgan fingerprint density at radius 1 is 0.961 bits per heavy atom. The van der Waals surface area contributed by atoms with Gasteiger partial charge in [-0.1, -0.05) is 0 Å². The Hall–Kier alpha value is -3.71. The minimum absolute atomic E-state index is 0.0444. The number of aryl methyl sites for hydroxylation is 1. The Morgan fingerprint density at radius 2 is 1.67 bits per heavy atom. The average molecular weight is 708 g/mol. The molecule has 2 aromatic heterocycles. The molecule has 3 saturated heterocycles. The number of hydrogen-bond donors (Lipinski definition) is 3. The van der Waals surface area contributed by atoms with E-state index in [2.05, 4.69) is 30.6 Å². The molecular weight excluding hydrogens is 655 g/mol. The van der Waals surface area contributed by atoms with Crippen molar-refractivity contribution < 1.29 is 18.0 Å². The summed E-state index contributed by atoms with van der Waals surface area (Å²) >= 11 is 0. The third-order valence-corrected chi connectivity index (χ3v) is 12.2. The average Bonchev–Trinajstić information content (AvgIpc) is 3.13. The number of fused-ring (bicyclic) bond motifs is 1. The van der Waals surface area contributed by atoms with Crippen LogP contribution in [0.1, 0.15) is 81.2 Å². The van der Waals surface area contributed by atoms with Crippen LogP contribution in [0.15, 0.2) is 30.5 Å². The van der Waals surface area contributed by atoms with Crippen LogP contribution in [0.4, 0.5) is 30.5 Å². The number of carbonyl (C=O) groups is 1. The number of anilines is 3. The smallest absolute Gasteiger partial charge is 0.399 e. The van der Waals surface area contributed by atoms with E-state index in [0.717, 1.165) is 60.6 Å². The van der Waals surface area contributed by atoms with Crippen molar-refractivity contribution in [1.82, 2.24) is 30.3 Å². The molecule has 1 saturated carbocycles. The molecule has 4 fully saturated rings. The minimum atomic E-state index is -4.50. The van der Waals surface area contributed by atoms with Crippen molar-refractivity contribution in [2.24, 2.45) is 17.3 Å². The molecule has 276 valence electrons. The predicted octanol–water partition coefficient (Wildman–Crippen LogP) is 6.03. The maximum absolute atomic E-state index is 13.6. The summed E-state index contributed by atoms with van der Waals surface area (Å²) < 4.78 is 40.4. The molecule has 1 aromatic carbocycles. The number of hydrogen-bond acceptors (Lipinski definition) is 9. The second kappa shape index (κ2) is 14.7. The molecule has 3 aliphatic heterocycles. The molecule has 0 radical (unpaired) electrons. The molecule has 3 aromatic rings. The number of carbonyl (C=O) groups excluding carboxylic acids is 1. The number of aromatic nitrogens is 3. The molecule has 1 aliphatic carbocycles. The summed E-state index contributed by atoms with van der Waals surface area (Å²) in [6.07, 6.45) is 7.33. The minimum Gasteiger partial charge on any atom is -0.399 e. The molecule has 0 unspecified atom stereocenters. The maximum Gasteiger partial charge on any atom is 0.416 e. The molecule has 4 N–H and O–H groups in total. The fourth-order valence-electron chi connectivity index (χ4n) is 8.89. The highest BCUT2D eigenvalue weighted by molar-refractivity contribution is 5.94. The van der Waals surface area contributed by atoms with E-state index in [1.807, 2.05) is 17.9 Å². The van der Waals surface area contributed by atoms with Crippen molar-refractivity contribution in [3.63, 3.8) is 0 Å². The lowest BCUT2D eigenvalue weighted by atomic mass is 9.65. The van der Waals surface area contributed by atoms with Gasteiger partial charge in [-0.3, -0.25) is 4.79 Å². The van der Waals surface area contributed by atoms with Crippen molar-refractivity contribution in [2.45, 2.75) is 77.4 Å². The van der Waals surface area contributed by atoms with Crippen molar-refractivity contribution in [3.05, 3.63) is 47.3 Å². The molecule has 5 heterocycles. The number of amides is 1. The number of piperazine rings is 1. The number of benzene rings is 1. The number of nitrogen functional groups attached to an aromatic ring is 1. The second-order valence-corrected chi connectivity index (χ2v) is 15.6. The molecule has 13 heteroatoms. The lowest BCUT2D eigenvalue weighted by Crippen LogP contribution is -2.52. The standard InChI is InChI=1S/C38H52F3N9O/c1-25(29-19-30(38(39,40)41)21-31(42)20-29)45-35-32-22-34(44-23-33(32)26(2)46-47-35)49-15-17-50(18-16-49)36(51)28-5-13-48(14-6-28)24-27-3-7-37(8-4-27)9-11-43-12-10-37/h19-23,25,27-28,43H,3-18,24,42H2,1-2H3,(H,45,47)/t25-/m1/s1. The van der Waals surface area contributed by atoms with Gasteiger partial charge >= 0.3 is 6.18 Å². The summed E-state index contributed by atoms with van der Waals surface area (Å²) in [7, 11) is 0. The SMILES string of the molecule is Cc1nnc(N[C@H](C)c2cc(N)cc(C(F)(F)F)c2)c2cc(N3CCN(C(=O)C4CCN(CC5CCC6(CCNCC6)CC5)CC4)CC3)ncc12. The van der Waals surface area contributed by atoms with Gasteiger partial charge in [0.15, 0.2) is 5.82 Å². The summed E-state index contributed by atoms with van der Waals surface area (Å²) in [5, 5.41) is 17.0. The number of nitrogens with zero attached hydrogens (tertiary/aromatic N) is 6. The number of pyridine rings is 1. The van der Waals surface area contributed by atoms with Gasteiger partial charge in [0.2, 0.25) is 5.91 Å². The van der Waals surface area contributed by atoms with E-state index in [0.29, 0.717) is 48.7 Å². The first kappa shape index (κ1) is 35.7. The first-order chi connectivity index (χ1) is 24.5. The van der Waals surface area contributed by atoms with Gasteiger partial charge in [0.1, 0.15) is 5.82 Å². The van der Waals surface area contributed by atoms with Crippen molar-refractivity contribution in [1.29, 1.82) is 0 Å². The zero-order valence-corrected chi connectivity index (χ0v) is 29.9. The van der Waals surface area contributed by atoms with E-state index < -0.39 is 17.8 Å². The summed E-state index contributed by atoms with van der Waals surface area (Å²) in [5.74, 6) is 2.41. The second-order valence-electron chi connectivity index (χ2n) is 15.6. The number of piperidine rings is 2. The van der Waals surface area contributed by atoms with Gasteiger partial charge in [0, 0.05) is 61.3 Å². The Kier molecular flexibility index (Phi) is 10.3. The first-order valence-electron chi connectivity index (χ1n) is 18.8. The molecule has 4 aliphatic rings. The summed E-state index contributed by atoms with van der Waals surface area (Å²) in [4.78, 5) is 25.2. The molecular formula is C38H52F3N9O. The van der Waals surface area contributed by atoms with E-state index >= 15 is 0 Å². The Balaban J connectivity index is 0.929. The number of alkyl halides is 3. The molecule has 10 nitrogen and oxygen atoms in total. The topological polar surface area (TPSA) is 116 Å². The lowest BCUT2D eigenvalue weighted by Gasteiger charge is -2.44. The zero-order valence-electron chi connectivity index (χ0n) is 29.9. The van der Waals surface area contributed by atoms with E-state index in [4.69, 9.17) is 10.7 Å². The van der Waals surface area contributed by atoms with E-state index in [-0.39, 0.29) is 17.5 Å². The van der Waals surface area contributed by atoms with Crippen molar-refractivity contribution >= 4 is 34.0 Å². The fraction of sp³-hybridized carbons (Fsp3) is 0.632. The largest absolute Gasteiger partial charge is 0.416 e. The highest BCUT2D eigenvalue weighted by atomic mass is 19.4. The van der Waals surface area contributed by atoms with Gasteiger partial charge in [-0.25, -0.2) is 4.98 Å². The predicted molar refractivity (Wildman–Crippen MR) is 194 cm³/mol. The first-order valence-corrected chi connectivity index (χ1v) is 18.8. The lowest BCUT2D eigenvalue weighted by molar-refractivity contribution is -0.138. The molecule has 51 heavy (non-hydrogen) atoms. The summed E-state index contributed by atoms with van der Waals surface area (Å²) in [6.45, 7) is 11.8. The van der Waals surface area contributed by atoms with E-state index in [1.165, 1.54) is 64.2 Å². The van der Waals surface area contributed by atoms with Crippen LogP contribution in [0.25, 0.3) is 10.8 Å². The van der Waals surface area contributed by atoms with Gasteiger partial charge in [-0.05, 0) is 133 Å². The van der Waals surface area contributed by atoms with Gasteiger partial charge in [-0.2, -0.15) is 18.3 Å². The molecule has 1 atom stereocenters. The highest BCUT2D eigenvalue weighted by Gasteiger charge is 2.38. The molecule has 7 rings (SSSR count). The van der Waals surface area contributed by atoms with E-state index in [9.17, 15) is 18.0 Å². The van der Waals surface area contributed by atoms with Crippen LogP contribution in [0, 0.1) is 24.2 Å². The van der Waals surface area contributed by atoms with Crippen LogP contribution in [-0.2, 0) is 11.0 Å². The normalized spacial score (nSPS) is 21.7. The third kappa shape index (κ3) is 8.04. The maximum atomic E-state index is 13.6. The quantitative estimate of drug-likeness (QED) is 0.254. The van der Waals surface area contributed by atoms with Crippen LogP contribution in [0.5, 0.6) is 0 Å². The van der Waals surface area contributed by atoms with Gasteiger partial charge in [-0.15, -0.1) is 5.10 Å². The Labute approximate surface area is 298 Å². The fourth-order valence-corrected chi connectivity index (χ4v) is 8.89. The van der Waals surface area contributed by atoms with Crippen molar-refractivity contribution in [3.8, 4) is 0 Å². The number of nitrogens with one attached hydrogen (secondary N) is 2. The number of likely N-dealkylation sites (tertiary alicyclic amines) is 1. The van der Waals surface area contributed by atoms with Crippen molar-refractivity contribution in [2.75, 3.05) is 74.9 Å². The van der Waals surface area contributed by atoms with Crippen LogP contribution in [0.2, 0.25) is 0 Å². The molecule has 1 spiro atoms. The number of rotatable bonds is 7. The number of halogens is 3. The van der Waals surface area contributed by atoms with Crippen LogP contribution in [0.3, 0.4) is 0 Å². The Morgan fingerprint density at radius 3 is 2.35 bits per heavy atom. The number of nitrogens with two attached hydrogens (primary N) is 1.